The standard InChI is InChI=1S/C13H12F2N2/c1-8-2-3-9(11(14)6-8)13(16)10-4-5-17-7-12(10)15/h2-7,13H,16H2,1H3. The molecule has 2 N–H and O–H groups in total. The summed E-state index contributed by atoms with van der Waals surface area (Å²) in [5.41, 5.74) is 7.18. The number of aryl methyl sites for hydroxylation is 1. The van der Waals surface area contributed by atoms with Crippen molar-refractivity contribution in [3.05, 3.63) is 65.0 Å². The molecule has 88 valence electrons. The van der Waals surface area contributed by atoms with E-state index in [1.807, 2.05) is 0 Å². The summed E-state index contributed by atoms with van der Waals surface area (Å²) < 4.78 is 27.2. The van der Waals surface area contributed by atoms with Gasteiger partial charge in [-0.15, -0.1) is 0 Å². The first-order chi connectivity index (χ1) is 8.09. The van der Waals surface area contributed by atoms with Crippen molar-refractivity contribution >= 4 is 0 Å². The molecule has 0 aliphatic carbocycles. The van der Waals surface area contributed by atoms with Gasteiger partial charge in [0.2, 0.25) is 0 Å². The van der Waals surface area contributed by atoms with Crippen LogP contribution in [-0.4, -0.2) is 4.98 Å². The molecule has 1 aromatic heterocycles. The Morgan fingerprint density at radius 3 is 2.47 bits per heavy atom. The maximum absolute atomic E-state index is 13.7. The van der Waals surface area contributed by atoms with Crippen molar-refractivity contribution in [1.29, 1.82) is 0 Å². The summed E-state index contributed by atoms with van der Waals surface area (Å²) in [6, 6.07) is 5.35. The van der Waals surface area contributed by atoms with Gasteiger partial charge in [-0.3, -0.25) is 4.98 Å². The van der Waals surface area contributed by atoms with Crippen molar-refractivity contribution in [3.8, 4) is 0 Å². The van der Waals surface area contributed by atoms with Gasteiger partial charge in [-0.1, -0.05) is 12.1 Å². The molecule has 0 fully saturated rings. The largest absolute Gasteiger partial charge is 0.320 e. The molecule has 2 rings (SSSR count). The van der Waals surface area contributed by atoms with Gasteiger partial charge in [-0.2, -0.15) is 0 Å². The van der Waals surface area contributed by atoms with E-state index in [1.54, 1.807) is 19.1 Å². The van der Waals surface area contributed by atoms with Crippen molar-refractivity contribution in [2.24, 2.45) is 5.73 Å². The molecule has 0 aliphatic heterocycles. The minimum Gasteiger partial charge on any atom is -0.320 e. The monoisotopic (exact) mass is 234 g/mol. The first-order valence-electron chi connectivity index (χ1n) is 5.20. The molecular formula is C13H12F2N2. The van der Waals surface area contributed by atoms with Gasteiger partial charge in [0.05, 0.1) is 12.2 Å². The van der Waals surface area contributed by atoms with Crippen molar-refractivity contribution < 1.29 is 8.78 Å². The zero-order valence-electron chi connectivity index (χ0n) is 9.32. The number of benzene rings is 1. The average molecular weight is 234 g/mol. The van der Waals surface area contributed by atoms with Crippen molar-refractivity contribution in [3.63, 3.8) is 0 Å². The van der Waals surface area contributed by atoms with Gasteiger partial charge in [-0.25, -0.2) is 8.78 Å². The van der Waals surface area contributed by atoms with E-state index in [0.29, 0.717) is 0 Å². The Bertz CT molecular complexity index is 541. The minimum atomic E-state index is -0.821. The summed E-state index contributed by atoms with van der Waals surface area (Å²) >= 11 is 0. The van der Waals surface area contributed by atoms with Crippen LogP contribution in [0.1, 0.15) is 22.7 Å². The topological polar surface area (TPSA) is 38.9 Å². The number of hydrogen-bond donors (Lipinski definition) is 1. The maximum atomic E-state index is 13.7. The number of nitrogens with two attached hydrogens (primary N) is 1. The van der Waals surface area contributed by atoms with Crippen LogP contribution in [0, 0.1) is 18.6 Å². The Balaban J connectivity index is 2.44. The molecule has 0 bridgehead atoms. The third kappa shape index (κ3) is 2.31. The van der Waals surface area contributed by atoms with Gasteiger partial charge < -0.3 is 5.73 Å². The van der Waals surface area contributed by atoms with E-state index < -0.39 is 17.7 Å². The number of aromatic nitrogens is 1. The lowest BCUT2D eigenvalue weighted by molar-refractivity contribution is 0.572. The van der Waals surface area contributed by atoms with E-state index in [-0.39, 0.29) is 11.1 Å². The van der Waals surface area contributed by atoms with Crippen molar-refractivity contribution in [1.82, 2.24) is 4.98 Å². The Morgan fingerprint density at radius 2 is 1.82 bits per heavy atom. The molecule has 1 unspecified atom stereocenters. The zero-order valence-corrected chi connectivity index (χ0v) is 9.32. The van der Waals surface area contributed by atoms with Crippen LogP contribution in [0.25, 0.3) is 0 Å². The second-order valence-electron chi connectivity index (χ2n) is 3.90. The molecule has 0 saturated heterocycles. The second kappa shape index (κ2) is 4.59. The van der Waals surface area contributed by atoms with Crippen LogP contribution >= 0.6 is 0 Å². The Hall–Kier alpha value is -1.81. The third-order valence-corrected chi connectivity index (χ3v) is 2.63. The first-order valence-corrected chi connectivity index (χ1v) is 5.20. The molecule has 0 amide bonds. The molecule has 2 aromatic rings. The predicted octanol–water partition coefficient (Wildman–Crippen LogP) is 2.72. The highest BCUT2D eigenvalue weighted by molar-refractivity contribution is 5.33. The molecule has 0 radical (unpaired) electrons. The molecule has 0 aliphatic rings. The molecule has 1 atom stereocenters. The molecule has 1 aromatic carbocycles. The van der Waals surface area contributed by atoms with Crippen LogP contribution in [0.3, 0.4) is 0 Å². The third-order valence-electron chi connectivity index (χ3n) is 2.63. The van der Waals surface area contributed by atoms with Gasteiger partial charge in [0, 0.05) is 17.3 Å². The summed E-state index contributed by atoms with van der Waals surface area (Å²) in [6.45, 7) is 1.78. The van der Waals surface area contributed by atoms with Gasteiger partial charge in [-0.05, 0) is 24.6 Å². The van der Waals surface area contributed by atoms with Gasteiger partial charge in [0.1, 0.15) is 11.6 Å². The van der Waals surface area contributed by atoms with Crippen molar-refractivity contribution in [2.45, 2.75) is 13.0 Å². The van der Waals surface area contributed by atoms with E-state index in [9.17, 15) is 8.78 Å². The average Bonchev–Trinajstić information content (AvgIpc) is 2.29. The molecule has 2 nitrogen and oxygen atoms in total. The minimum absolute atomic E-state index is 0.239. The fourth-order valence-electron chi connectivity index (χ4n) is 1.69. The quantitative estimate of drug-likeness (QED) is 0.867. The van der Waals surface area contributed by atoms with Crippen LogP contribution in [0.4, 0.5) is 8.78 Å². The fraction of sp³-hybridized carbons (Fsp3) is 0.154. The van der Waals surface area contributed by atoms with Crippen LogP contribution in [0.5, 0.6) is 0 Å². The molecule has 4 heteroatoms. The summed E-state index contributed by atoms with van der Waals surface area (Å²) in [5, 5.41) is 0. The summed E-state index contributed by atoms with van der Waals surface area (Å²) in [5.74, 6) is -0.950. The molecular weight excluding hydrogens is 222 g/mol. The lowest BCUT2D eigenvalue weighted by atomic mass is 9.98. The number of halogens is 2. The van der Waals surface area contributed by atoms with Crippen LogP contribution in [0.2, 0.25) is 0 Å². The van der Waals surface area contributed by atoms with E-state index in [0.717, 1.165) is 11.8 Å². The van der Waals surface area contributed by atoms with Crippen LogP contribution in [0.15, 0.2) is 36.7 Å². The van der Waals surface area contributed by atoms with Gasteiger partial charge >= 0.3 is 0 Å². The maximum Gasteiger partial charge on any atom is 0.146 e. The highest BCUT2D eigenvalue weighted by Crippen LogP contribution is 2.24. The van der Waals surface area contributed by atoms with Crippen molar-refractivity contribution in [2.75, 3.05) is 0 Å². The van der Waals surface area contributed by atoms with E-state index in [1.165, 1.54) is 18.3 Å². The number of hydrogen-bond acceptors (Lipinski definition) is 2. The zero-order chi connectivity index (χ0) is 12.4. The van der Waals surface area contributed by atoms with E-state index >= 15 is 0 Å². The smallest absolute Gasteiger partial charge is 0.146 e. The number of nitrogens with zero attached hydrogens (tertiary/aromatic N) is 1. The first kappa shape index (κ1) is 11.7. The van der Waals surface area contributed by atoms with Gasteiger partial charge in [0.15, 0.2) is 0 Å². The van der Waals surface area contributed by atoms with Crippen LogP contribution in [-0.2, 0) is 0 Å². The molecule has 17 heavy (non-hydrogen) atoms. The Morgan fingerprint density at radius 1 is 1.12 bits per heavy atom. The lowest BCUT2D eigenvalue weighted by Crippen LogP contribution is -2.15. The lowest BCUT2D eigenvalue weighted by Gasteiger charge is -2.14. The summed E-state index contributed by atoms with van der Waals surface area (Å²) in [7, 11) is 0. The van der Waals surface area contributed by atoms with Crippen LogP contribution < -0.4 is 5.73 Å². The Kier molecular flexibility index (Phi) is 3.15. The highest BCUT2D eigenvalue weighted by atomic mass is 19.1. The van der Waals surface area contributed by atoms with Gasteiger partial charge in [0.25, 0.3) is 0 Å². The van der Waals surface area contributed by atoms with E-state index in [4.69, 9.17) is 5.73 Å². The molecule has 1 heterocycles. The predicted molar refractivity (Wildman–Crippen MR) is 61.4 cm³/mol. The van der Waals surface area contributed by atoms with E-state index in [2.05, 4.69) is 4.98 Å². The fourth-order valence-corrected chi connectivity index (χ4v) is 1.69. The number of rotatable bonds is 2. The summed E-state index contributed by atoms with van der Waals surface area (Å²) in [6.07, 6.45) is 2.51. The second-order valence-corrected chi connectivity index (χ2v) is 3.90. The molecule has 0 spiro atoms. The molecule has 0 saturated carbocycles. The SMILES string of the molecule is Cc1ccc(C(N)c2ccncc2F)c(F)c1. The Labute approximate surface area is 98.1 Å². The highest BCUT2D eigenvalue weighted by Gasteiger charge is 2.16. The number of pyridine rings is 1. The normalized spacial score (nSPS) is 12.5. The summed E-state index contributed by atoms with van der Waals surface area (Å²) in [4.78, 5) is 3.63.